The quantitative estimate of drug-likeness (QED) is 0.711. The number of imidazole rings is 1. The summed E-state index contributed by atoms with van der Waals surface area (Å²) in [6.45, 7) is 9.97. The number of rotatable bonds is 5. The molecule has 1 N–H and O–H groups in total. The number of benzene rings is 2. The highest BCUT2D eigenvalue weighted by atomic mass is 15.3. The van der Waals surface area contributed by atoms with E-state index in [2.05, 4.69) is 99.2 Å². The Morgan fingerprint density at radius 1 is 0.867 bits per heavy atom. The minimum absolute atomic E-state index is 0.786. The largest absolute Gasteiger partial charge is 0.342 e. The Labute approximate surface area is 178 Å². The summed E-state index contributed by atoms with van der Waals surface area (Å²) in [5.74, 6) is 1.04. The zero-order valence-corrected chi connectivity index (χ0v) is 17.2. The van der Waals surface area contributed by atoms with Gasteiger partial charge in [-0.2, -0.15) is 0 Å². The molecule has 3 heterocycles. The van der Waals surface area contributed by atoms with E-state index in [1.807, 2.05) is 0 Å². The molecule has 5 heteroatoms. The third-order valence-electron chi connectivity index (χ3n) is 5.79. The average Bonchev–Trinajstić information content (AvgIpc) is 3.17. The molecule has 0 saturated carbocycles. The first-order valence-electron chi connectivity index (χ1n) is 10.6. The van der Waals surface area contributed by atoms with Crippen LogP contribution < -0.4 is 10.2 Å². The molecule has 0 radical (unpaired) electrons. The fourth-order valence-electron chi connectivity index (χ4n) is 4.22. The van der Waals surface area contributed by atoms with E-state index in [0.29, 0.717) is 0 Å². The van der Waals surface area contributed by atoms with E-state index in [-0.39, 0.29) is 0 Å². The Bertz CT molecular complexity index is 1050. The molecule has 3 aromatic rings. The summed E-state index contributed by atoms with van der Waals surface area (Å²) in [5.41, 5.74) is 5.66. The normalized spacial score (nSPS) is 16.1. The fourth-order valence-corrected chi connectivity index (χ4v) is 4.22. The maximum atomic E-state index is 5.05. The second-order valence-corrected chi connectivity index (χ2v) is 7.83. The number of nitrogens with zero attached hydrogens (tertiary/aromatic N) is 4. The average molecular weight is 398 g/mol. The van der Waals surface area contributed by atoms with Crippen molar-refractivity contribution in [3.8, 4) is 0 Å². The van der Waals surface area contributed by atoms with Gasteiger partial charge in [-0.15, -0.1) is 0 Å². The molecule has 1 fully saturated rings. The lowest BCUT2D eigenvalue weighted by Crippen LogP contribution is -2.44. The van der Waals surface area contributed by atoms with Crippen LogP contribution in [0.1, 0.15) is 22.5 Å². The lowest BCUT2D eigenvalue weighted by atomic mass is 10.1. The van der Waals surface area contributed by atoms with Crippen LogP contribution in [-0.4, -0.2) is 40.6 Å². The molecule has 2 aromatic carbocycles. The molecule has 0 unspecified atom stereocenters. The van der Waals surface area contributed by atoms with Crippen LogP contribution in [0.3, 0.4) is 0 Å². The standard InChI is InChI=1S/C25H27N5/c1-20-24-23(12-15-29(20)18-21-8-4-2-5-9-21)27-25(28-16-13-26-14-17-28)30(24)19-22-10-6-3-7-11-22/h2-12,15,26H,1,13-14,16-19H2. The van der Waals surface area contributed by atoms with Crippen LogP contribution >= 0.6 is 0 Å². The third kappa shape index (κ3) is 3.64. The summed E-state index contributed by atoms with van der Waals surface area (Å²) >= 11 is 0. The molecule has 0 atom stereocenters. The van der Waals surface area contributed by atoms with Gasteiger partial charge >= 0.3 is 0 Å². The Hall–Kier alpha value is -3.31. The summed E-state index contributed by atoms with van der Waals surface area (Å²) in [5, 5.41) is 3.44. The highest BCUT2D eigenvalue weighted by Gasteiger charge is 2.27. The van der Waals surface area contributed by atoms with E-state index in [9.17, 15) is 0 Å². The summed E-state index contributed by atoms with van der Waals surface area (Å²) in [7, 11) is 0. The molecular weight excluding hydrogens is 370 g/mol. The smallest absolute Gasteiger partial charge is 0.207 e. The van der Waals surface area contributed by atoms with Crippen LogP contribution in [0.15, 0.2) is 73.4 Å². The van der Waals surface area contributed by atoms with Crippen molar-refractivity contribution < 1.29 is 0 Å². The Balaban J connectivity index is 1.52. The van der Waals surface area contributed by atoms with Crippen molar-refractivity contribution in [1.29, 1.82) is 0 Å². The topological polar surface area (TPSA) is 36.3 Å². The monoisotopic (exact) mass is 397 g/mol. The molecule has 0 aliphatic carbocycles. The SMILES string of the molecule is C=C1c2c(nc(N3CCNCC3)n2Cc2ccccc2)C=CN1Cc1ccccc1. The molecule has 0 bridgehead atoms. The number of piperazine rings is 1. The van der Waals surface area contributed by atoms with E-state index >= 15 is 0 Å². The molecular formula is C25H27N5. The van der Waals surface area contributed by atoms with Crippen LogP contribution in [0.2, 0.25) is 0 Å². The lowest BCUT2D eigenvalue weighted by Gasteiger charge is -2.30. The number of aromatic nitrogens is 2. The molecule has 5 rings (SSSR count). The van der Waals surface area contributed by atoms with Crippen molar-refractivity contribution in [2.75, 3.05) is 31.1 Å². The number of fused-ring (bicyclic) bond motifs is 1. The second-order valence-electron chi connectivity index (χ2n) is 7.83. The van der Waals surface area contributed by atoms with E-state index in [1.165, 1.54) is 11.1 Å². The molecule has 0 amide bonds. The lowest BCUT2D eigenvalue weighted by molar-refractivity contribution is 0.518. The van der Waals surface area contributed by atoms with Gasteiger partial charge in [-0.3, -0.25) is 0 Å². The predicted octanol–water partition coefficient (Wildman–Crippen LogP) is 3.80. The van der Waals surface area contributed by atoms with Gasteiger partial charge in [0, 0.05) is 38.9 Å². The first-order valence-corrected chi connectivity index (χ1v) is 10.6. The molecule has 0 spiro atoms. The third-order valence-corrected chi connectivity index (χ3v) is 5.79. The van der Waals surface area contributed by atoms with Gasteiger partial charge in [-0.05, 0) is 17.2 Å². The minimum atomic E-state index is 0.786. The van der Waals surface area contributed by atoms with Crippen LogP contribution in [0.4, 0.5) is 5.95 Å². The van der Waals surface area contributed by atoms with E-state index in [1.54, 1.807) is 0 Å². The zero-order chi connectivity index (χ0) is 20.3. The summed E-state index contributed by atoms with van der Waals surface area (Å²) < 4.78 is 2.35. The van der Waals surface area contributed by atoms with Gasteiger partial charge < -0.3 is 19.7 Å². The Morgan fingerprint density at radius 2 is 1.50 bits per heavy atom. The van der Waals surface area contributed by atoms with Crippen LogP contribution in [0.5, 0.6) is 0 Å². The molecule has 152 valence electrons. The molecule has 2 aliphatic rings. The first kappa shape index (κ1) is 18.7. The van der Waals surface area contributed by atoms with Gasteiger partial charge in [0.25, 0.3) is 0 Å². The predicted molar refractivity (Wildman–Crippen MR) is 123 cm³/mol. The first-order chi connectivity index (χ1) is 14.8. The Morgan fingerprint density at radius 3 is 2.17 bits per heavy atom. The van der Waals surface area contributed by atoms with Gasteiger partial charge in [0.2, 0.25) is 5.95 Å². The maximum Gasteiger partial charge on any atom is 0.207 e. The van der Waals surface area contributed by atoms with Crippen LogP contribution in [0.25, 0.3) is 11.8 Å². The minimum Gasteiger partial charge on any atom is -0.342 e. The fraction of sp³-hybridized carbons (Fsp3) is 0.240. The van der Waals surface area contributed by atoms with Gasteiger partial charge in [-0.1, -0.05) is 67.2 Å². The molecule has 30 heavy (non-hydrogen) atoms. The van der Waals surface area contributed by atoms with Crippen LogP contribution in [0, 0.1) is 0 Å². The zero-order valence-electron chi connectivity index (χ0n) is 17.2. The maximum absolute atomic E-state index is 5.05. The summed E-state index contributed by atoms with van der Waals surface area (Å²) in [6.07, 6.45) is 4.24. The van der Waals surface area contributed by atoms with Gasteiger partial charge in [-0.25, -0.2) is 4.98 Å². The molecule has 5 nitrogen and oxygen atoms in total. The summed E-state index contributed by atoms with van der Waals surface area (Å²) in [6, 6.07) is 21.1. The van der Waals surface area contributed by atoms with Gasteiger partial charge in [0.1, 0.15) is 0 Å². The number of nitrogens with one attached hydrogen (secondary N) is 1. The number of hydrogen-bond acceptors (Lipinski definition) is 4. The van der Waals surface area contributed by atoms with Crippen molar-refractivity contribution in [2.24, 2.45) is 0 Å². The highest BCUT2D eigenvalue weighted by Crippen LogP contribution is 2.33. The van der Waals surface area contributed by atoms with Crippen LogP contribution in [-0.2, 0) is 13.1 Å². The molecule has 1 aromatic heterocycles. The molecule has 1 saturated heterocycles. The van der Waals surface area contributed by atoms with Gasteiger partial charge in [0.15, 0.2) is 0 Å². The van der Waals surface area contributed by atoms with E-state index < -0.39 is 0 Å². The summed E-state index contributed by atoms with van der Waals surface area (Å²) in [4.78, 5) is 9.66. The van der Waals surface area contributed by atoms with Crippen molar-refractivity contribution in [3.05, 3.63) is 96.0 Å². The van der Waals surface area contributed by atoms with E-state index in [4.69, 9.17) is 4.98 Å². The number of anilines is 1. The molecule has 2 aliphatic heterocycles. The van der Waals surface area contributed by atoms with Gasteiger partial charge in [0.05, 0.1) is 23.6 Å². The van der Waals surface area contributed by atoms with E-state index in [0.717, 1.165) is 62.3 Å². The number of hydrogen-bond donors (Lipinski definition) is 1. The van der Waals surface area contributed by atoms with Crippen molar-refractivity contribution in [3.63, 3.8) is 0 Å². The highest BCUT2D eigenvalue weighted by molar-refractivity contribution is 5.75. The van der Waals surface area contributed by atoms with Crippen molar-refractivity contribution in [2.45, 2.75) is 13.1 Å². The van der Waals surface area contributed by atoms with Crippen molar-refractivity contribution >= 4 is 17.7 Å². The van der Waals surface area contributed by atoms with Crippen molar-refractivity contribution in [1.82, 2.24) is 19.8 Å². The second kappa shape index (κ2) is 8.20. The Kier molecular flexibility index (Phi) is 5.11.